The highest BCUT2D eigenvalue weighted by molar-refractivity contribution is 6.32. The molecule has 0 saturated heterocycles. The maximum Gasteiger partial charge on any atom is 0.249 e. The van der Waals surface area contributed by atoms with Crippen molar-refractivity contribution < 1.29 is 9.47 Å². The van der Waals surface area contributed by atoms with Gasteiger partial charge in [0.2, 0.25) is 5.95 Å². The number of rotatable bonds is 6. The molecule has 1 aromatic heterocycles. The highest BCUT2D eigenvalue weighted by atomic mass is 35.5. The van der Waals surface area contributed by atoms with Crippen LogP contribution in [-0.2, 0) is 0 Å². The van der Waals surface area contributed by atoms with E-state index in [4.69, 9.17) is 21.1 Å². The van der Waals surface area contributed by atoms with Crippen LogP contribution in [0.5, 0.6) is 11.5 Å². The molecule has 0 radical (unpaired) electrons. The molecule has 0 atom stereocenters. The first kappa shape index (κ1) is 18.7. The van der Waals surface area contributed by atoms with Gasteiger partial charge in [-0.2, -0.15) is 10.1 Å². The normalized spacial score (nSPS) is 10.4. The summed E-state index contributed by atoms with van der Waals surface area (Å²) < 4.78 is 10.6. The first-order chi connectivity index (χ1) is 13.0. The van der Waals surface area contributed by atoms with Gasteiger partial charge in [0.05, 0.1) is 31.1 Å². The number of nitrogens with zero attached hydrogens (tertiary/aromatic N) is 3. The fraction of sp³-hybridized carbons (Fsp3) is 0.211. The minimum absolute atomic E-state index is 0.386. The molecule has 7 nitrogen and oxygen atoms in total. The molecule has 0 fully saturated rings. The molecule has 0 unspecified atom stereocenters. The van der Waals surface area contributed by atoms with Gasteiger partial charge in [-0.05, 0) is 25.0 Å². The number of methoxy groups -OCH3 is 2. The molecule has 2 N–H and O–H groups in total. The molecule has 27 heavy (non-hydrogen) atoms. The van der Waals surface area contributed by atoms with Gasteiger partial charge in [0, 0.05) is 17.8 Å². The molecule has 0 aliphatic carbocycles. The molecular weight excluding hydrogens is 366 g/mol. The molecule has 0 aliphatic rings. The van der Waals surface area contributed by atoms with Crippen LogP contribution >= 0.6 is 11.6 Å². The molecule has 1 heterocycles. The number of nitrogens with one attached hydrogen (secondary N) is 2. The number of para-hydroxylation sites is 1. The smallest absolute Gasteiger partial charge is 0.249 e. The van der Waals surface area contributed by atoms with Crippen molar-refractivity contribution >= 4 is 34.7 Å². The second kappa shape index (κ2) is 8.09. The van der Waals surface area contributed by atoms with E-state index in [1.54, 1.807) is 26.4 Å². The number of anilines is 4. The van der Waals surface area contributed by atoms with Gasteiger partial charge in [-0.1, -0.05) is 29.8 Å². The van der Waals surface area contributed by atoms with Crippen LogP contribution in [0.2, 0.25) is 5.02 Å². The van der Waals surface area contributed by atoms with E-state index in [0.717, 1.165) is 16.8 Å². The van der Waals surface area contributed by atoms with E-state index in [1.807, 2.05) is 32.0 Å². The molecule has 3 aromatic rings. The van der Waals surface area contributed by atoms with E-state index < -0.39 is 0 Å². The maximum absolute atomic E-state index is 6.15. The van der Waals surface area contributed by atoms with Gasteiger partial charge in [-0.25, -0.2) is 0 Å². The van der Waals surface area contributed by atoms with Crippen molar-refractivity contribution in [1.29, 1.82) is 0 Å². The first-order valence-electron chi connectivity index (χ1n) is 8.23. The zero-order valence-corrected chi connectivity index (χ0v) is 16.3. The zero-order chi connectivity index (χ0) is 19.4. The van der Waals surface area contributed by atoms with Gasteiger partial charge >= 0.3 is 0 Å². The predicted molar refractivity (Wildman–Crippen MR) is 107 cm³/mol. The van der Waals surface area contributed by atoms with Gasteiger partial charge in [-0.3, -0.25) is 0 Å². The Labute approximate surface area is 162 Å². The van der Waals surface area contributed by atoms with Gasteiger partial charge in [-0.15, -0.1) is 5.10 Å². The minimum atomic E-state index is 0.386. The van der Waals surface area contributed by atoms with Gasteiger partial charge in [0.15, 0.2) is 5.82 Å². The summed E-state index contributed by atoms with van der Waals surface area (Å²) in [4.78, 5) is 4.47. The van der Waals surface area contributed by atoms with Gasteiger partial charge in [0.25, 0.3) is 0 Å². The van der Waals surface area contributed by atoms with E-state index >= 15 is 0 Å². The Morgan fingerprint density at radius 3 is 2.33 bits per heavy atom. The number of benzene rings is 2. The van der Waals surface area contributed by atoms with Crippen LogP contribution in [0.1, 0.15) is 11.1 Å². The van der Waals surface area contributed by atoms with Crippen molar-refractivity contribution in [2.75, 3.05) is 24.9 Å². The molecule has 3 rings (SSSR count). The summed E-state index contributed by atoms with van der Waals surface area (Å²) >= 11 is 6.15. The highest BCUT2D eigenvalue weighted by Gasteiger charge is 2.12. The lowest BCUT2D eigenvalue weighted by Crippen LogP contribution is -2.05. The van der Waals surface area contributed by atoms with Crippen LogP contribution in [0, 0.1) is 13.8 Å². The van der Waals surface area contributed by atoms with Crippen LogP contribution in [0.4, 0.5) is 23.1 Å². The Hall–Kier alpha value is -3.06. The van der Waals surface area contributed by atoms with Crippen molar-refractivity contribution in [3.63, 3.8) is 0 Å². The predicted octanol–water partition coefficient (Wildman–Crippen LogP) is 4.65. The molecule has 0 aliphatic heterocycles. The Kier molecular flexibility index (Phi) is 5.61. The maximum atomic E-state index is 6.15. The summed E-state index contributed by atoms with van der Waals surface area (Å²) in [6, 6.07) is 9.47. The Bertz CT molecular complexity index is 945. The van der Waals surface area contributed by atoms with Crippen LogP contribution < -0.4 is 20.1 Å². The van der Waals surface area contributed by atoms with Crippen LogP contribution in [-0.4, -0.2) is 29.4 Å². The lowest BCUT2D eigenvalue weighted by Gasteiger charge is -2.14. The Morgan fingerprint density at radius 2 is 1.67 bits per heavy atom. The Balaban J connectivity index is 1.89. The van der Waals surface area contributed by atoms with Crippen molar-refractivity contribution in [2.45, 2.75) is 13.8 Å². The molecular formula is C19H20ClN5O2. The number of halogens is 1. The summed E-state index contributed by atoms with van der Waals surface area (Å²) in [6.45, 7) is 4.05. The second-order valence-corrected chi connectivity index (χ2v) is 6.28. The van der Waals surface area contributed by atoms with Gasteiger partial charge < -0.3 is 20.1 Å². The number of hydrogen-bond donors (Lipinski definition) is 2. The third kappa shape index (κ3) is 4.20. The number of aryl methyl sites for hydroxylation is 2. The fourth-order valence-electron chi connectivity index (χ4n) is 2.64. The third-order valence-electron chi connectivity index (χ3n) is 4.01. The third-order valence-corrected chi connectivity index (χ3v) is 4.31. The van der Waals surface area contributed by atoms with Gasteiger partial charge in [0.1, 0.15) is 11.5 Å². The summed E-state index contributed by atoms with van der Waals surface area (Å²) in [5, 5.41) is 14.9. The van der Waals surface area contributed by atoms with E-state index in [2.05, 4.69) is 25.8 Å². The standard InChI is InChI=1S/C19H20ClN5O2/c1-11-6-5-7-12(2)18(11)24-19-23-17(10-21-25-19)22-14-9-15(26-3)13(20)8-16(14)27-4/h5-10H,1-4H3,(H2,22,23,24,25). The quantitative estimate of drug-likeness (QED) is 0.639. The lowest BCUT2D eigenvalue weighted by molar-refractivity contribution is 0.405. The first-order valence-corrected chi connectivity index (χ1v) is 8.61. The average Bonchev–Trinajstić information content (AvgIpc) is 2.66. The number of ether oxygens (including phenoxy) is 2. The second-order valence-electron chi connectivity index (χ2n) is 5.87. The molecule has 0 spiro atoms. The summed E-state index contributed by atoms with van der Waals surface area (Å²) in [5.74, 6) is 1.97. The van der Waals surface area contributed by atoms with E-state index in [0.29, 0.717) is 34.0 Å². The topological polar surface area (TPSA) is 81.2 Å². The molecule has 0 amide bonds. The van der Waals surface area contributed by atoms with Crippen LogP contribution in [0.3, 0.4) is 0 Å². The fourth-order valence-corrected chi connectivity index (χ4v) is 2.87. The zero-order valence-electron chi connectivity index (χ0n) is 15.5. The van der Waals surface area contributed by atoms with Crippen molar-refractivity contribution in [3.8, 4) is 11.5 Å². The van der Waals surface area contributed by atoms with E-state index in [9.17, 15) is 0 Å². The summed E-state index contributed by atoms with van der Waals surface area (Å²) in [7, 11) is 3.12. The summed E-state index contributed by atoms with van der Waals surface area (Å²) in [5.41, 5.74) is 3.81. The average molecular weight is 386 g/mol. The Morgan fingerprint density at radius 1 is 0.963 bits per heavy atom. The minimum Gasteiger partial charge on any atom is -0.495 e. The number of aromatic nitrogens is 3. The van der Waals surface area contributed by atoms with Crippen LogP contribution in [0.15, 0.2) is 36.5 Å². The van der Waals surface area contributed by atoms with Crippen molar-refractivity contribution in [1.82, 2.24) is 15.2 Å². The molecule has 0 bridgehead atoms. The van der Waals surface area contributed by atoms with Crippen molar-refractivity contribution in [3.05, 3.63) is 52.7 Å². The molecule has 2 aromatic carbocycles. The molecule has 140 valence electrons. The molecule has 8 heteroatoms. The van der Waals surface area contributed by atoms with E-state index in [1.165, 1.54) is 6.20 Å². The number of hydrogen-bond acceptors (Lipinski definition) is 7. The largest absolute Gasteiger partial charge is 0.495 e. The van der Waals surface area contributed by atoms with Crippen LogP contribution in [0.25, 0.3) is 0 Å². The molecule has 0 saturated carbocycles. The SMILES string of the molecule is COc1cc(Nc2cnnc(Nc3c(C)cccc3C)n2)c(OC)cc1Cl. The van der Waals surface area contributed by atoms with E-state index in [-0.39, 0.29) is 0 Å². The van der Waals surface area contributed by atoms with Crippen molar-refractivity contribution in [2.24, 2.45) is 0 Å². The highest BCUT2D eigenvalue weighted by Crippen LogP contribution is 2.37. The lowest BCUT2D eigenvalue weighted by atomic mass is 10.1. The monoisotopic (exact) mass is 385 g/mol. The summed E-state index contributed by atoms with van der Waals surface area (Å²) in [6.07, 6.45) is 1.52.